The second-order valence-corrected chi connectivity index (χ2v) is 7.35. The van der Waals surface area contributed by atoms with Gasteiger partial charge in [-0.15, -0.1) is 0 Å². The van der Waals surface area contributed by atoms with E-state index < -0.39 is 21.8 Å². The molecule has 7 nitrogen and oxygen atoms in total. The molecule has 1 unspecified atom stereocenters. The number of hydrogen-bond acceptors (Lipinski definition) is 6. The van der Waals surface area contributed by atoms with Crippen molar-refractivity contribution in [2.75, 3.05) is 19.7 Å². The van der Waals surface area contributed by atoms with Crippen LogP contribution in [0.5, 0.6) is 0 Å². The second kappa shape index (κ2) is 5.84. The van der Waals surface area contributed by atoms with Crippen molar-refractivity contribution in [1.82, 2.24) is 4.31 Å². The fraction of sp³-hybridized carbons (Fsp3) is 0.308. The summed E-state index contributed by atoms with van der Waals surface area (Å²) in [6.45, 7) is 0.639. The Morgan fingerprint density at radius 1 is 1.36 bits per heavy atom. The highest BCUT2D eigenvalue weighted by Gasteiger charge is 2.34. The van der Waals surface area contributed by atoms with Gasteiger partial charge in [0.2, 0.25) is 10.9 Å². The lowest BCUT2D eigenvalue weighted by atomic mass is 10.2. The van der Waals surface area contributed by atoms with Crippen LogP contribution in [0.4, 0.5) is 0 Å². The first kappa shape index (κ1) is 15.2. The molecule has 1 aliphatic heterocycles. The van der Waals surface area contributed by atoms with Crippen molar-refractivity contribution in [2.45, 2.75) is 11.2 Å². The molecule has 0 aliphatic carbocycles. The lowest BCUT2D eigenvalue weighted by Crippen LogP contribution is -2.42. The maximum atomic E-state index is 12.5. The van der Waals surface area contributed by atoms with Gasteiger partial charge in [-0.2, -0.15) is 15.6 Å². The van der Waals surface area contributed by atoms with Gasteiger partial charge in [0.25, 0.3) is 10.0 Å². The van der Waals surface area contributed by atoms with E-state index in [0.29, 0.717) is 0 Å². The average molecular weight is 343 g/mol. The summed E-state index contributed by atoms with van der Waals surface area (Å²) in [5.41, 5.74) is 0.926. The molecule has 22 heavy (non-hydrogen) atoms. The summed E-state index contributed by atoms with van der Waals surface area (Å²) in [7, 11) is -3.87. The van der Waals surface area contributed by atoms with E-state index in [1.807, 2.05) is 16.8 Å². The molecule has 0 amide bonds. The zero-order valence-corrected chi connectivity index (χ0v) is 13.0. The monoisotopic (exact) mass is 343 g/mol. The molecular weight excluding hydrogens is 330 g/mol. The molecule has 3 rings (SSSR count). The molecular formula is C13H13NO6S2. The summed E-state index contributed by atoms with van der Waals surface area (Å²) in [4.78, 5) is 10.8. The molecule has 2 aromatic heterocycles. The molecule has 3 heterocycles. The highest BCUT2D eigenvalue weighted by atomic mass is 32.2. The standard InChI is InChI=1S/C13H13NO6S2/c15-13(16)10-1-2-12(20-10)22(17,18)14-4-5-19-11(7-14)9-3-6-21-8-9/h1-3,6,8,11H,4-5,7H2,(H,15,16). The fourth-order valence-corrected chi connectivity index (χ4v) is 4.24. The fourth-order valence-electron chi connectivity index (χ4n) is 2.20. The van der Waals surface area contributed by atoms with Crippen LogP contribution in [0.3, 0.4) is 0 Å². The number of ether oxygens (including phenoxy) is 1. The molecule has 1 saturated heterocycles. The van der Waals surface area contributed by atoms with Gasteiger partial charge in [0.1, 0.15) is 0 Å². The minimum atomic E-state index is -3.87. The van der Waals surface area contributed by atoms with Crippen LogP contribution in [0.15, 0.2) is 38.5 Å². The first-order valence-electron chi connectivity index (χ1n) is 6.45. The van der Waals surface area contributed by atoms with E-state index in [0.717, 1.165) is 17.7 Å². The zero-order chi connectivity index (χ0) is 15.7. The number of carboxylic acid groups (broad SMARTS) is 1. The third-order valence-electron chi connectivity index (χ3n) is 3.33. The van der Waals surface area contributed by atoms with E-state index in [1.165, 1.54) is 15.6 Å². The van der Waals surface area contributed by atoms with Crippen molar-refractivity contribution >= 4 is 27.3 Å². The molecule has 118 valence electrons. The van der Waals surface area contributed by atoms with Crippen LogP contribution >= 0.6 is 11.3 Å². The maximum absolute atomic E-state index is 12.5. The summed E-state index contributed by atoms with van der Waals surface area (Å²) in [6, 6.07) is 4.18. The number of carbonyl (C=O) groups is 1. The highest BCUT2D eigenvalue weighted by molar-refractivity contribution is 7.89. The Labute approximate surface area is 130 Å². The van der Waals surface area contributed by atoms with Gasteiger partial charge in [-0.25, -0.2) is 13.2 Å². The van der Waals surface area contributed by atoms with Crippen molar-refractivity contribution in [3.63, 3.8) is 0 Å². The van der Waals surface area contributed by atoms with E-state index in [2.05, 4.69) is 0 Å². The van der Waals surface area contributed by atoms with Gasteiger partial charge in [0.05, 0.1) is 12.7 Å². The number of sulfonamides is 1. The van der Waals surface area contributed by atoms with Gasteiger partial charge in [-0.05, 0) is 34.5 Å². The highest BCUT2D eigenvalue weighted by Crippen LogP contribution is 2.28. The lowest BCUT2D eigenvalue weighted by molar-refractivity contribution is -0.00272. The first-order valence-corrected chi connectivity index (χ1v) is 8.84. The number of nitrogens with zero attached hydrogens (tertiary/aromatic N) is 1. The third kappa shape index (κ3) is 2.80. The number of aromatic carboxylic acids is 1. The summed E-state index contributed by atoms with van der Waals surface area (Å²) in [5, 5.41) is 12.3. The van der Waals surface area contributed by atoms with Crippen LogP contribution in [0.25, 0.3) is 0 Å². The summed E-state index contributed by atoms with van der Waals surface area (Å²) < 4.78 is 36.8. The molecule has 1 fully saturated rings. The van der Waals surface area contributed by atoms with Gasteiger partial charge in [0.15, 0.2) is 0 Å². The Kier molecular flexibility index (Phi) is 4.04. The minimum Gasteiger partial charge on any atom is -0.475 e. The topological polar surface area (TPSA) is 97.0 Å². The van der Waals surface area contributed by atoms with Crippen LogP contribution in [0.1, 0.15) is 22.2 Å². The Bertz CT molecular complexity index is 764. The summed E-state index contributed by atoms with van der Waals surface area (Å²) >= 11 is 1.51. The SMILES string of the molecule is O=C(O)c1ccc(S(=O)(=O)N2CCOC(c3ccsc3)C2)o1. The molecule has 0 bridgehead atoms. The zero-order valence-electron chi connectivity index (χ0n) is 11.3. The molecule has 1 atom stereocenters. The van der Waals surface area contributed by atoms with Crippen LogP contribution in [0.2, 0.25) is 0 Å². The Morgan fingerprint density at radius 2 is 2.18 bits per heavy atom. The van der Waals surface area contributed by atoms with E-state index in [1.54, 1.807) is 0 Å². The van der Waals surface area contributed by atoms with Gasteiger partial charge in [0, 0.05) is 13.1 Å². The molecule has 0 aromatic carbocycles. The second-order valence-electron chi connectivity index (χ2n) is 4.70. The Morgan fingerprint density at radius 3 is 2.82 bits per heavy atom. The van der Waals surface area contributed by atoms with Gasteiger partial charge >= 0.3 is 5.97 Å². The summed E-state index contributed by atoms with van der Waals surface area (Å²) in [6.07, 6.45) is -0.330. The van der Waals surface area contributed by atoms with Gasteiger partial charge in [-0.3, -0.25) is 0 Å². The largest absolute Gasteiger partial charge is 0.475 e. The molecule has 0 saturated carbocycles. The van der Waals surface area contributed by atoms with E-state index in [4.69, 9.17) is 14.3 Å². The molecule has 2 aromatic rings. The number of carboxylic acids is 1. The normalized spacial score (nSPS) is 20.1. The Hall–Kier alpha value is -1.68. The predicted molar refractivity (Wildman–Crippen MR) is 77.4 cm³/mol. The van der Waals surface area contributed by atoms with E-state index in [-0.39, 0.29) is 30.9 Å². The number of hydrogen-bond donors (Lipinski definition) is 1. The van der Waals surface area contributed by atoms with Crippen molar-refractivity contribution in [3.8, 4) is 0 Å². The van der Waals surface area contributed by atoms with Gasteiger partial charge in [-0.1, -0.05) is 0 Å². The minimum absolute atomic E-state index is 0.169. The smallest absolute Gasteiger partial charge is 0.371 e. The molecule has 0 radical (unpaired) electrons. The molecule has 1 N–H and O–H groups in total. The third-order valence-corrected chi connectivity index (χ3v) is 5.77. The van der Waals surface area contributed by atoms with Crippen molar-refractivity contribution < 1.29 is 27.5 Å². The number of morpholine rings is 1. The first-order chi connectivity index (χ1) is 10.5. The Balaban J connectivity index is 1.83. The lowest BCUT2D eigenvalue weighted by Gasteiger charge is -2.31. The molecule has 0 spiro atoms. The van der Waals surface area contributed by atoms with Gasteiger partial charge < -0.3 is 14.3 Å². The number of rotatable bonds is 4. The summed E-state index contributed by atoms with van der Waals surface area (Å²) in [5.74, 6) is -1.71. The number of thiophene rings is 1. The molecule has 1 aliphatic rings. The van der Waals surface area contributed by atoms with Crippen LogP contribution in [-0.2, 0) is 14.8 Å². The van der Waals surface area contributed by atoms with E-state index in [9.17, 15) is 13.2 Å². The van der Waals surface area contributed by atoms with Crippen molar-refractivity contribution in [1.29, 1.82) is 0 Å². The van der Waals surface area contributed by atoms with Crippen LogP contribution in [0, 0.1) is 0 Å². The average Bonchev–Trinajstić information content (AvgIpc) is 3.19. The number of furan rings is 1. The van der Waals surface area contributed by atoms with Crippen LogP contribution < -0.4 is 0 Å². The quantitative estimate of drug-likeness (QED) is 0.909. The van der Waals surface area contributed by atoms with Crippen LogP contribution in [-0.4, -0.2) is 43.5 Å². The van der Waals surface area contributed by atoms with Crippen molar-refractivity contribution in [2.24, 2.45) is 0 Å². The van der Waals surface area contributed by atoms with Crippen molar-refractivity contribution in [3.05, 3.63) is 40.3 Å². The predicted octanol–water partition coefficient (Wildman–Crippen LogP) is 1.80. The van der Waals surface area contributed by atoms with E-state index >= 15 is 0 Å². The molecule has 9 heteroatoms. The maximum Gasteiger partial charge on any atom is 0.371 e.